The second kappa shape index (κ2) is 6.89. The predicted molar refractivity (Wildman–Crippen MR) is 73.5 cm³/mol. The fraction of sp³-hybridized carbons (Fsp3) is 0.357. The molecular weight excluding hydrogens is 247 g/mol. The third-order valence-corrected chi connectivity index (χ3v) is 2.40. The normalized spacial score (nSPS) is 10.3. The molecule has 1 aromatic rings. The highest BCUT2D eigenvalue weighted by Gasteiger charge is 2.14. The van der Waals surface area contributed by atoms with Crippen LogP contribution in [0.2, 0.25) is 0 Å². The molecule has 0 aliphatic rings. The molecule has 5 heteroatoms. The van der Waals surface area contributed by atoms with E-state index in [0.29, 0.717) is 31.0 Å². The van der Waals surface area contributed by atoms with Crippen molar-refractivity contribution in [1.29, 1.82) is 0 Å². The number of carbonyl (C=O) groups excluding carboxylic acids is 1. The minimum atomic E-state index is -0.547. The number of rotatable bonds is 6. The number of halogens is 1. The van der Waals surface area contributed by atoms with E-state index in [4.69, 9.17) is 10.5 Å². The van der Waals surface area contributed by atoms with Crippen molar-refractivity contribution < 1.29 is 13.9 Å². The third-order valence-electron chi connectivity index (χ3n) is 2.40. The first kappa shape index (κ1) is 15.2. The molecule has 4 nitrogen and oxygen atoms in total. The Morgan fingerprint density at radius 3 is 2.84 bits per heavy atom. The van der Waals surface area contributed by atoms with E-state index in [2.05, 4.69) is 11.9 Å². The Kier molecular flexibility index (Phi) is 5.51. The second-order valence-corrected chi connectivity index (χ2v) is 4.46. The molecule has 1 amide bonds. The van der Waals surface area contributed by atoms with E-state index in [1.165, 1.54) is 12.1 Å². The highest BCUT2D eigenvalue weighted by atomic mass is 19.1. The summed E-state index contributed by atoms with van der Waals surface area (Å²) < 4.78 is 19.0. The molecule has 104 valence electrons. The average Bonchev–Trinajstić information content (AvgIpc) is 2.32. The second-order valence-electron chi connectivity index (χ2n) is 4.46. The summed E-state index contributed by atoms with van der Waals surface area (Å²) in [7, 11) is 0. The van der Waals surface area contributed by atoms with Gasteiger partial charge in [0, 0.05) is 12.2 Å². The molecule has 0 saturated carbocycles. The van der Waals surface area contributed by atoms with Crippen molar-refractivity contribution in [3.8, 4) is 0 Å². The predicted octanol–water partition coefficient (Wildman–Crippen LogP) is 2.04. The monoisotopic (exact) mass is 266 g/mol. The lowest BCUT2D eigenvalue weighted by Gasteiger charge is -2.09. The summed E-state index contributed by atoms with van der Waals surface area (Å²) in [5.74, 6) is -1.04. The molecule has 0 heterocycles. The average molecular weight is 266 g/mol. The fourth-order valence-electron chi connectivity index (χ4n) is 1.54. The molecule has 0 fully saturated rings. The van der Waals surface area contributed by atoms with Crippen LogP contribution in [0.3, 0.4) is 0 Å². The maximum Gasteiger partial charge on any atom is 0.254 e. The van der Waals surface area contributed by atoms with E-state index in [-0.39, 0.29) is 5.56 Å². The van der Waals surface area contributed by atoms with Gasteiger partial charge >= 0.3 is 0 Å². The Labute approximate surface area is 112 Å². The number of amides is 1. The number of nitrogens with two attached hydrogens (primary N) is 1. The first-order valence-electron chi connectivity index (χ1n) is 5.97. The maximum atomic E-state index is 13.8. The van der Waals surface area contributed by atoms with Gasteiger partial charge in [-0.25, -0.2) is 4.39 Å². The van der Waals surface area contributed by atoms with Crippen molar-refractivity contribution in [2.75, 3.05) is 25.5 Å². The molecule has 0 aliphatic carbocycles. The SMILES string of the molecule is C=C(C)COCCNC(=O)c1cc(N)cc(C)c1F. The van der Waals surface area contributed by atoms with E-state index in [1.807, 2.05) is 6.92 Å². The zero-order chi connectivity index (χ0) is 14.4. The summed E-state index contributed by atoms with van der Waals surface area (Å²) in [5, 5.41) is 2.58. The molecule has 0 aromatic heterocycles. The molecule has 3 N–H and O–H groups in total. The van der Waals surface area contributed by atoms with E-state index in [1.54, 1.807) is 6.92 Å². The molecule has 0 radical (unpaired) electrons. The first-order valence-corrected chi connectivity index (χ1v) is 5.97. The van der Waals surface area contributed by atoms with Crippen LogP contribution in [0.1, 0.15) is 22.8 Å². The van der Waals surface area contributed by atoms with Gasteiger partial charge in [0.1, 0.15) is 5.82 Å². The standard InChI is InChI=1S/C14H19FN2O2/c1-9(2)8-19-5-4-17-14(18)12-7-11(16)6-10(3)13(12)15/h6-7H,1,4-5,8,16H2,2-3H3,(H,17,18). The van der Waals surface area contributed by atoms with Gasteiger partial charge in [-0.15, -0.1) is 0 Å². The molecule has 19 heavy (non-hydrogen) atoms. The van der Waals surface area contributed by atoms with Crippen molar-refractivity contribution in [2.45, 2.75) is 13.8 Å². The molecule has 0 aliphatic heterocycles. The summed E-state index contributed by atoms with van der Waals surface area (Å²) >= 11 is 0. The number of nitrogens with one attached hydrogen (secondary N) is 1. The lowest BCUT2D eigenvalue weighted by molar-refractivity contribution is 0.0922. The molecule has 1 rings (SSSR count). The number of nitrogen functional groups attached to an aromatic ring is 1. The molecule has 0 spiro atoms. The number of hydrogen-bond donors (Lipinski definition) is 2. The Morgan fingerprint density at radius 2 is 2.21 bits per heavy atom. The molecule has 0 atom stereocenters. The molecule has 0 saturated heterocycles. The first-order chi connectivity index (χ1) is 8.91. The fourth-order valence-corrected chi connectivity index (χ4v) is 1.54. The molecule has 0 bridgehead atoms. The minimum Gasteiger partial charge on any atom is -0.399 e. The number of aryl methyl sites for hydroxylation is 1. The quantitative estimate of drug-likeness (QED) is 0.470. The van der Waals surface area contributed by atoms with E-state index < -0.39 is 11.7 Å². The molecule has 0 unspecified atom stereocenters. The highest BCUT2D eigenvalue weighted by Crippen LogP contribution is 2.16. The molecule has 1 aromatic carbocycles. The Hall–Kier alpha value is -1.88. The van der Waals surface area contributed by atoms with Crippen LogP contribution in [-0.4, -0.2) is 25.7 Å². The van der Waals surface area contributed by atoms with Crippen LogP contribution in [0.4, 0.5) is 10.1 Å². The van der Waals surface area contributed by atoms with Crippen LogP contribution >= 0.6 is 0 Å². The number of benzene rings is 1. The van der Waals surface area contributed by atoms with Crippen molar-refractivity contribution >= 4 is 11.6 Å². The van der Waals surface area contributed by atoms with Gasteiger partial charge in [0.25, 0.3) is 5.91 Å². The summed E-state index contributed by atoms with van der Waals surface area (Å²) in [6.45, 7) is 8.21. The lowest BCUT2D eigenvalue weighted by atomic mass is 10.1. The largest absolute Gasteiger partial charge is 0.399 e. The summed E-state index contributed by atoms with van der Waals surface area (Å²) in [4.78, 5) is 11.8. The summed E-state index contributed by atoms with van der Waals surface area (Å²) in [5.41, 5.74) is 7.17. The van der Waals surface area contributed by atoms with Crippen LogP contribution < -0.4 is 11.1 Å². The van der Waals surface area contributed by atoms with Gasteiger partial charge in [0.2, 0.25) is 0 Å². The number of ether oxygens (including phenoxy) is 1. The van der Waals surface area contributed by atoms with Crippen molar-refractivity contribution in [3.63, 3.8) is 0 Å². The van der Waals surface area contributed by atoms with E-state index >= 15 is 0 Å². The minimum absolute atomic E-state index is 0.0441. The van der Waals surface area contributed by atoms with E-state index in [9.17, 15) is 9.18 Å². The van der Waals surface area contributed by atoms with Gasteiger partial charge in [-0.2, -0.15) is 0 Å². The van der Waals surface area contributed by atoms with Crippen LogP contribution in [-0.2, 0) is 4.74 Å². The van der Waals surface area contributed by atoms with Crippen molar-refractivity contribution in [2.24, 2.45) is 0 Å². The van der Waals surface area contributed by atoms with Crippen LogP contribution in [0.25, 0.3) is 0 Å². The van der Waals surface area contributed by atoms with Gasteiger partial charge in [0.15, 0.2) is 0 Å². The maximum absolute atomic E-state index is 13.8. The number of anilines is 1. The number of hydrogen-bond acceptors (Lipinski definition) is 3. The van der Waals surface area contributed by atoms with Gasteiger partial charge in [-0.05, 0) is 31.5 Å². The summed E-state index contributed by atoms with van der Waals surface area (Å²) in [6.07, 6.45) is 0. The van der Waals surface area contributed by atoms with Gasteiger partial charge in [0.05, 0.1) is 18.8 Å². The summed E-state index contributed by atoms with van der Waals surface area (Å²) in [6, 6.07) is 2.81. The zero-order valence-electron chi connectivity index (χ0n) is 11.3. The zero-order valence-corrected chi connectivity index (χ0v) is 11.3. The van der Waals surface area contributed by atoms with Crippen LogP contribution in [0.15, 0.2) is 24.3 Å². The third kappa shape index (κ3) is 4.71. The molecular formula is C14H19FN2O2. The highest BCUT2D eigenvalue weighted by molar-refractivity contribution is 5.95. The van der Waals surface area contributed by atoms with Crippen LogP contribution in [0, 0.1) is 12.7 Å². The van der Waals surface area contributed by atoms with Gasteiger partial charge in [-0.1, -0.05) is 12.2 Å². The Balaban J connectivity index is 2.52. The Bertz CT molecular complexity index is 487. The smallest absolute Gasteiger partial charge is 0.254 e. The van der Waals surface area contributed by atoms with Crippen LogP contribution in [0.5, 0.6) is 0 Å². The van der Waals surface area contributed by atoms with E-state index in [0.717, 1.165) is 5.57 Å². The van der Waals surface area contributed by atoms with Gasteiger partial charge < -0.3 is 15.8 Å². The number of carbonyl (C=O) groups is 1. The lowest BCUT2D eigenvalue weighted by Crippen LogP contribution is -2.28. The van der Waals surface area contributed by atoms with Crippen molar-refractivity contribution in [1.82, 2.24) is 5.32 Å². The topological polar surface area (TPSA) is 64.3 Å². The van der Waals surface area contributed by atoms with Crippen molar-refractivity contribution in [3.05, 3.63) is 41.2 Å². The Morgan fingerprint density at radius 1 is 1.53 bits per heavy atom. The van der Waals surface area contributed by atoms with Gasteiger partial charge in [-0.3, -0.25) is 4.79 Å².